The van der Waals surface area contributed by atoms with E-state index in [0.29, 0.717) is 0 Å². The van der Waals surface area contributed by atoms with E-state index >= 15 is 0 Å². The number of benzene rings is 1. The van der Waals surface area contributed by atoms with E-state index in [1.165, 1.54) is 12.8 Å². The number of nitrogens with zero attached hydrogens (tertiary/aromatic N) is 2. The monoisotopic (exact) mass is 349 g/mol. The van der Waals surface area contributed by atoms with Crippen molar-refractivity contribution in [1.82, 2.24) is 4.98 Å². The predicted octanol–water partition coefficient (Wildman–Crippen LogP) is 3.32. The highest BCUT2D eigenvalue weighted by Crippen LogP contribution is 2.33. The Balaban J connectivity index is 2.12. The van der Waals surface area contributed by atoms with E-state index in [2.05, 4.69) is 25.8 Å². The predicted molar refractivity (Wildman–Crippen MR) is 90.5 cm³/mol. The van der Waals surface area contributed by atoms with Crippen molar-refractivity contribution < 1.29 is 5.11 Å². The summed E-state index contributed by atoms with van der Waals surface area (Å²) < 4.78 is 0.924. The molecule has 4 nitrogen and oxygen atoms in total. The van der Waals surface area contributed by atoms with E-state index in [9.17, 15) is 5.11 Å². The molecule has 0 saturated carbocycles. The number of pyridine rings is 1. The van der Waals surface area contributed by atoms with Gasteiger partial charge in [0.1, 0.15) is 0 Å². The van der Waals surface area contributed by atoms with Gasteiger partial charge in [-0.2, -0.15) is 0 Å². The standard InChI is InChI=1S/C16H20BrN3O/c17-11-8-13-14(18)5-6-15(16(13)19-9-11)20-7-3-1-2-4-12(20)10-21/h5-6,8-9,12,21H,1-4,7,10,18H2. The van der Waals surface area contributed by atoms with E-state index in [1.54, 1.807) is 6.20 Å². The summed E-state index contributed by atoms with van der Waals surface area (Å²) in [5, 5.41) is 10.7. The first-order valence-electron chi connectivity index (χ1n) is 7.42. The van der Waals surface area contributed by atoms with Gasteiger partial charge in [-0.05, 0) is 47.0 Å². The van der Waals surface area contributed by atoms with Gasteiger partial charge >= 0.3 is 0 Å². The van der Waals surface area contributed by atoms with Crippen LogP contribution in [0.2, 0.25) is 0 Å². The molecule has 3 rings (SSSR count). The van der Waals surface area contributed by atoms with Crippen molar-refractivity contribution in [2.24, 2.45) is 0 Å². The Bertz CT molecular complexity index is 647. The number of aromatic nitrogens is 1. The van der Waals surface area contributed by atoms with Crippen molar-refractivity contribution in [2.75, 3.05) is 23.8 Å². The molecule has 0 amide bonds. The lowest BCUT2D eigenvalue weighted by atomic mass is 10.1. The molecule has 2 aromatic rings. The molecule has 0 spiro atoms. The molecular weight excluding hydrogens is 330 g/mol. The van der Waals surface area contributed by atoms with Crippen molar-refractivity contribution in [3.63, 3.8) is 0 Å². The number of hydrogen-bond donors (Lipinski definition) is 2. The number of aliphatic hydroxyl groups excluding tert-OH is 1. The van der Waals surface area contributed by atoms with Crippen LogP contribution in [0.1, 0.15) is 25.7 Å². The highest BCUT2D eigenvalue weighted by molar-refractivity contribution is 9.10. The van der Waals surface area contributed by atoms with Crippen LogP contribution >= 0.6 is 15.9 Å². The molecule has 1 aliphatic heterocycles. The van der Waals surface area contributed by atoms with Gasteiger partial charge in [0.2, 0.25) is 0 Å². The van der Waals surface area contributed by atoms with Crippen molar-refractivity contribution in [3.05, 3.63) is 28.9 Å². The maximum Gasteiger partial charge on any atom is 0.0956 e. The van der Waals surface area contributed by atoms with E-state index in [0.717, 1.165) is 46.1 Å². The topological polar surface area (TPSA) is 62.4 Å². The van der Waals surface area contributed by atoms with Gasteiger partial charge in [0.15, 0.2) is 0 Å². The normalized spacial score (nSPS) is 19.7. The second-order valence-corrected chi connectivity index (χ2v) is 6.52. The Kier molecular flexibility index (Phi) is 4.31. The fourth-order valence-electron chi connectivity index (χ4n) is 3.12. The fraction of sp³-hybridized carbons (Fsp3) is 0.438. The highest BCUT2D eigenvalue weighted by atomic mass is 79.9. The van der Waals surface area contributed by atoms with Crippen LogP contribution in [-0.2, 0) is 0 Å². The zero-order valence-electron chi connectivity index (χ0n) is 11.9. The first kappa shape index (κ1) is 14.6. The molecule has 1 saturated heterocycles. The van der Waals surface area contributed by atoms with Gasteiger partial charge < -0.3 is 15.7 Å². The van der Waals surface area contributed by atoms with Crippen LogP contribution in [0.3, 0.4) is 0 Å². The molecule has 3 N–H and O–H groups in total. The first-order valence-corrected chi connectivity index (χ1v) is 8.21. The van der Waals surface area contributed by atoms with Crippen LogP contribution in [0.15, 0.2) is 28.9 Å². The van der Waals surface area contributed by atoms with E-state index in [-0.39, 0.29) is 12.6 Å². The molecule has 0 radical (unpaired) electrons. The van der Waals surface area contributed by atoms with Crippen LogP contribution < -0.4 is 10.6 Å². The number of anilines is 2. The minimum Gasteiger partial charge on any atom is -0.398 e. The van der Waals surface area contributed by atoms with Crippen LogP contribution in [0, 0.1) is 0 Å². The summed E-state index contributed by atoms with van der Waals surface area (Å²) >= 11 is 3.45. The van der Waals surface area contributed by atoms with Crippen molar-refractivity contribution in [2.45, 2.75) is 31.7 Å². The number of aliphatic hydroxyl groups is 1. The molecular formula is C16H20BrN3O. The van der Waals surface area contributed by atoms with E-state index in [1.807, 2.05) is 18.2 Å². The summed E-state index contributed by atoms with van der Waals surface area (Å²) in [5.41, 5.74) is 8.82. The molecule has 2 heterocycles. The third kappa shape index (κ3) is 2.85. The molecule has 1 aromatic heterocycles. The van der Waals surface area contributed by atoms with Crippen molar-refractivity contribution in [1.29, 1.82) is 0 Å². The van der Waals surface area contributed by atoms with Gasteiger partial charge in [-0.15, -0.1) is 0 Å². The molecule has 1 aliphatic rings. The van der Waals surface area contributed by atoms with Gasteiger partial charge in [0, 0.05) is 28.3 Å². The summed E-state index contributed by atoms with van der Waals surface area (Å²) in [6.07, 6.45) is 6.38. The van der Waals surface area contributed by atoms with Gasteiger partial charge in [-0.3, -0.25) is 4.98 Å². The van der Waals surface area contributed by atoms with Crippen molar-refractivity contribution >= 4 is 38.2 Å². The molecule has 1 unspecified atom stereocenters. The van der Waals surface area contributed by atoms with Crippen LogP contribution in [0.5, 0.6) is 0 Å². The molecule has 1 aromatic carbocycles. The smallest absolute Gasteiger partial charge is 0.0956 e. The summed E-state index contributed by atoms with van der Waals surface area (Å²) in [7, 11) is 0. The second kappa shape index (κ2) is 6.20. The molecule has 1 atom stereocenters. The number of nitrogen functional groups attached to an aromatic ring is 1. The highest BCUT2D eigenvalue weighted by Gasteiger charge is 2.23. The summed E-state index contributed by atoms with van der Waals surface area (Å²) in [4.78, 5) is 6.87. The largest absolute Gasteiger partial charge is 0.398 e. The molecule has 5 heteroatoms. The summed E-state index contributed by atoms with van der Waals surface area (Å²) in [6, 6.07) is 6.15. The summed E-state index contributed by atoms with van der Waals surface area (Å²) in [6.45, 7) is 1.14. The SMILES string of the molecule is Nc1ccc(N2CCCCCC2CO)c2ncc(Br)cc12. The zero-order valence-corrected chi connectivity index (χ0v) is 13.5. The minimum absolute atomic E-state index is 0.171. The number of fused-ring (bicyclic) bond motifs is 1. The Hall–Kier alpha value is -1.33. The number of hydrogen-bond acceptors (Lipinski definition) is 4. The van der Waals surface area contributed by atoms with Crippen LogP contribution in [-0.4, -0.2) is 29.3 Å². The molecule has 112 valence electrons. The molecule has 1 fully saturated rings. The van der Waals surface area contributed by atoms with Crippen LogP contribution in [0.25, 0.3) is 10.9 Å². The maximum absolute atomic E-state index is 9.72. The van der Waals surface area contributed by atoms with E-state index in [4.69, 9.17) is 5.73 Å². The Labute approximate surface area is 133 Å². The summed E-state index contributed by atoms with van der Waals surface area (Å²) in [5.74, 6) is 0. The number of halogens is 1. The first-order chi connectivity index (χ1) is 10.2. The average Bonchev–Trinajstić information content (AvgIpc) is 2.73. The lowest BCUT2D eigenvalue weighted by Crippen LogP contribution is -2.37. The maximum atomic E-state index is 9.72. The molecule has 21 heavy (non-hydrogen) atoms. The van der Waals surface area contributed by atoms with Gasteiger partial charge in [-0.1, -0.05) is 12.8 Å². The molecule has 0 aliphatic carbocycles. The van der Waals surface area contributed by atoms with E-state index < -0.39 is 0 Å². The Morgan fingerprint density at radius 1 is 1.33 bits per heavy atom. The number of rotatable bonds is 2. The van der Waals surface area contributed by atoms with Crippen molar-refractivity contribution in [3.8, 4) is 0 Å². The Morgan fingerprint density at radius 2 is 2.19 bits per heavy atom. The van der Waals surface area contributed by atoms with Gasteiger partial charge in [-0.25, -0.2) is 0 Å². The Morgan fingerprint density at radius 3 is 3.00 bits per heavy atom. The third-order valence-corrected chi connectivity index (χ3v) is 4.66. The lowest BCUT2D eigenvalue weighted by Gasteiger charge is -2.31. The zero-order chi connectivity index (χ0) is 14.8. The lowest BCUT2D eigenvalue weighted by molar-refractivity contribution is 0.255. The third-order valence-electron chi connectivity index (χ3n) is 4.23. The average molecular weight is 350 g/mol. The minimum atomic E-state index is 0.171. The fourth-order valence-corrected chi connectivity index (χ4v) is 3.45. The molecule has 0 bridgehead atoms. The second-order valence-electron chi connectivity index (χ2n) is 5.60. The van der Waals surface area contributed by atoms with Gasteiger partial charge in [0.05, 0.1) is 23.9 Å². The van der Waals surface area contributed by atoms with Crippen LogP contribution in [0.4, 0.5) is 11.4 Å². The number of nitrogens with two attached hydrogens (primary N) is 1. The van der Waals surface area contributed by atoms with Gasteiger partial charge in [0.25, 0.3) is 0 Å². The quantitative estimate of drug-likeness (QED) is 0.816.